The minimum atomic E-state index is -4.86. The maximum atomic E-state index is 10.7. The van der Waals surface area contributed by atoms with Crippen molar-refractivity contribution in [3.05, 3.63) is 35.4 Å². The number of amides is 2. The van der Waals surface area contributed by atoms with E-state index >= 15 is 0 Å². The third-order valence-electron chi connectivity index (χ3n) is 3.61. The van der Waals surface area contributed by atoms with E-state index < -0.39 is 18.2 Å². The van der Waals surface area contributed by atoms with Crippen molar-refractivity contribution in [1.82, 2.24) is 9.80 Å². The Bertz CT molecular complexity index is 660. The molecule has 0 aromatic heterocycles. The second-order valence-corrected chi connectivity index (χ2v) is 5.64. The number of nitrogens with two attached hydrogens (primary N) is 1. The molecule has 0 saturated carbocycles. The lowest BCUT2D eigenvalue weighted by molar-refractivity contribution is -0.169. The average molecular weight is 374 g/mol. The molecule has 0 unspecified atom stereocenters. The largest absolute Gasteiger partial charge is 0.470 e. The molecule has 3 N–H and O–H groups in total. The van der Waals surface area contributed by atoms with Crippen LogP contribution in [0, 0.1) is 0 Å². The average Bonchev–Trinajstić information content (AvgIpc) is 2.98. The molecule has 1 aromatic rings. The van der Waals surface area contributed by atoms with Crippen molar-refractivity contribution in [1.29, 1.82) is 0 Å². The number of amidine groups is 1. The molecule has 0 spiro atoms. The molecule has 10 heteroatoms. The number of primary amides is 1. The summed E-state index contributed by atoms with van der Waals surface area (Å²) in [5, 5.41) is 8.78. The van der Waals surface area contributed by atoms with Crippen molar-refractivity contribution < 1.29 is 27.9 Å². The summed E-state index contributed by atoms with van der Waals surface area (Å²) < 4.78 is 32.1. The van der Waals surface area contributed by atoms with Gasteiger partial charge in [0, 0.05) is 32.7 Å². The molecule has 7 nitrogen and oxygen atoms in total. The molecule has 1 heterocycles. The molecule has 0 saturated heterocycles. The third kappa shape index (κ3) is 6.61. The van der Waals surface area contributed by atoms with Gasteiger partial charge in [-0.15, -0.1) is 0 Å². The Hall–Kier alpha value is -2.78. The fourth-order valence-corrected chi connectivity index (χ4v) is 2.06. The predicted octanol–water partition coefficient (Wildman–Crippen LogP) is 1.56. The van der Waals surface area contributed by atoms with Crippen molar-refractivity contribution in [3.63, 3.8) is 0 Å². The Labute approximate surface area is 148 Å². The van der Waals surface area contributed by atoms with Crippen LogP contribution in [0.25, 0.3) is 0 Å². The van der Waals surface area contributed by atoms with Gasteiger partial charge >= 0.3 is 18.2 Å². The van der Waals surface area contributed by atoms with Crippen LogP contribution in [-0.2, 0) is 11.2 Å². The van der Waals surface area contributed by atoms with Gasteiger partial charge in [-0.25, -0.2) is 4.79 Å². The van der Waals surface area contributed by atoms with Gasteiger partial charge in [0.2, 0.25) is 0 Å². The molecule has 1 aliphatic heterocycles. The number of hydrogen-bond acceptors (Lipinski definition) is 4. The molecule has 26 heavy (non-hydrogen) atoms. The van der Waals surface area contributed by atoms with Crippen molar-refractivity contribution >= 4 is 17.8 Å². The molecular weight excluding hydrogens is 353 g/mol. The van der Waals surface area contributed by atoms with E-state index in [0.717, 1.165) is 36.5 Å². The van der Waals surface area contributed by atoms with Gasteiger partial charge in [-0.1, -0.05) is 24.3 Å². The molecule has 0 aliphatic carbocycles. The summed E-state index contributed by atoms with van der Waals surface area (Å²) in [6.07, 6.45) is -5.02. The first-order valence-electron chi connectivity index (χ1n) is 7.68. The van der Waals surface area contributed by atoms with Gasteiger partial charge in [-0.05, 0) is 12.0 Å². The standard InChI is InChI=1S/C14H19N3O2.C2H2F3NO/c1-16-10-8-15-13(16)12-5-3-11(4-6-12)7-9-17(2)14(18)19;3-2(4,5)1(6)7/h3-6H,7-10H2,1-2H3,(H,18,19);(H2,6,7). The van der Waals surface area contributed by atoms with E-state index in [-0.39, 0.29) is 0 Å². The number of halogens is 3. The van der Waals surface area contributed by atoms with Crippen LogP contribution in [0.3, 0.4) is 0 Å². The number of carbonyl (C=O) groups is 2. The number of likely N-dealkylation sites (N-methyl/N-ethyl adjacent to an activating group) is 2. The zero-order chi connectivity index (χ0) is 19.9. The number of rotatable bonds is 4. The first kappa shape index (κ1) is 21.3. The Balaban J connectivity index is 0.000000412. The first-order chi connectivity index (χ1) is 12.0. The van der Waals surface area contributed by atoms with Gasteiger partial charge in [0.25, 0.3) is 0 Å². The molecule has 1 aliphatic rings. The fourth-order valence-electron chi connectivity index (χ4n) is 2.06. The Kier molecular flexibility index (Phi) is 7.41. The molecule has 144 valence electrons. The van der Waals surface area contributed by atoms with E-state index in [1.807, 2.05) is 19.2 Å². The van der Waals surface area contributed by atoms with Crippen LogP contribution in [0.5, 0.6) is 0 Å². The van der Waals surface area contributed by atoms with Crippen LogP contribution in [0.15, 0.2) is 29.3 Å². The minimum Gasteiger partial charge on any atom is -0.465 e. The molecule has 0 atom stereocenters. The lowest BCUT2D eigenvalue weighted by Gasteiger charge is -2.15. The second-order valence-electron chi connectivity index (χ2n) is 5.64. The summed E-state index contributed by atoms with van der Waals surface area (Å²) in [4.78, 5) is 27.7. The highest BCUT2D eigenvalue weighted by Crippen LogP contribution is 2.12. The van der Waals surface area contributed by atoms with Crippen LogP contribution in [0.2, 0.25) is 0 Å². The molecule has 0 bridgehead atoms. The molecule has 0 radical (unpaired) electrons. The van der Waals surface area contributed by atoms with Gasteiger partial charge in [0.1, 0.15) is 5.84 Å². The Morgan fingerprint density at radius 3 is 2.23 bits per heavy atom. The van der Waals surface area contributed by atoms with Crippen LogP contribution >= 0.6 is 0 Å². The summed E-state index contributed by atoms with van der Waals surface area (Å²) in [6, 6.07) is 8.19. The zero-order valence-corrected chi connectivity index (χ0v) is 14.5. The van der Waals surface area contributed by atoms with E-state index in [0.29, 0.717) is 6.54 Å². The first-order valence-corrected chi connectivity index (χ1v) is 7.68. The van der Waals surface area contributed by atoms with E-state index in [1.54, 1.807) is 7.05 Å². The quantitative estimate of drug-likeness (QED) is 0.836. The van der Waals surface area contributed by atoms with Crippen molar-refractivity contribution in [3.8, 4) is 0 Å². The van der Waals surface area contributed by atoms with Crippen LogP contribution < -0.4 is 5.73 Å². The second kappa shape index (κ2) is 9.07. The number of alkyl halides is 3. The van der Waals surface area contributed by atoms with Crippen molar-refractivity contribution in [2.45, 2.75) is 12.6 Å². The van der Waals surface area contributed by atoms with Gasteiger partial charge in [0.15, 0.2) is 0 Å². The lowest BCUT2D eigenvalue weighted by atomic mass is 10.1. The molecule has 0 fully saturated rings. The molecular formula is C16H21F3N4O3. The number of hydrogen-bond donors (Lipinski definition) is 2. The van der Waals surface area contributed by atoms with Crippen LogP contribution in [0.4, 0.5) is 18.0 Å². The topological polar surface area (TPSA) is 99.2 Å². The van der Waals surface area contributed by atoms with Gasteiger partial charge in [0.05, 0.1) is 6.54 Å². The smallest absolute Gasteiger partial charge is 0.465 e. The predicted molar refractivity (Wildman–Crippen MR) is 90.1 cm³/mol. The third-order valence-corrected chi connectivity index (χ3v) is 3.61. The number of carbonyl (C=O) groups excluding carboxylic acids is 1. The maximum Gasteiger partial charge on any atom is 0.470 e. The highest BCUT2D eigenvalue weighted by molar-refractivity contribution is 5.99. The Morgan fingerprint density at radius 1 is 1.31 bits per heavy atom. The van der Waals surface area contributed by atoms with Gasteiger partial charge in [-0.3, -0.25) is 9.79 Å². The zero-order valence-electron chi connectivity index (χ0n) is 14.5. The highest BCUT2D eigenvalue weighted by Gasteiger charge is 2.35. The fraction of sp³-hybridized carbons (Fsp3) is 0.438. The van der Waals surface area contributed by atoms with Crippen molar-refractivity contribution in [2.75, 3.05) is 33.7 Å². The summed E-state index contributed by atoms with van der Waals surface area (Å²) in [5.41, 5.74) is 6.06. The highest BCUT2D eigenvalue weighted by atomic mass is 19.4. The molecule has 2 rings (SSSR count). The van der Waals surface area contributed by atoms with E-state index in [1.165, 1.54) is 4.90 Å². The normalized spacial score (nSPS) is 13.6. The summed E-state index contributed by atoms with van der Waals surface area (Å²) in [7, 11) is 3.63. The summed E-state index contributed by atoms with van der Waals surface area (Å²) in [5.74, 6) is -1.22. The van der Waals surface area contributed by atoms with Gasteiger partial charge < -0.3 is 20.6 Å². The van der Waals surface area contributed by atoms with E-state index in [9.17, 15) is 18.0 Å². The minimum absolute atomic E-state index is 0.509. The number of benzene rings is 1. The van der Waals surface area contributed by atoms with Crippen LogP contribution in [0.1, 0.15) is 11.1 Å². The van der Waals surface area contributed by atoms with Crippen LogP contribution in [-0.4, -0.2) is 72.6 Å². The molecule has 1 aromatic carbocycles. The van der Waals surface area contributed by atoms with Gasteiger partial charge in [-0.2, -0.15) is 13.2 Å². The number of nitrogens with zero attached hydrogens (tertiary/aromatic N) is 3. The van der Waals surface area contributed by atoms with E-state index in [2.05, 4.69) is 27.8 Å². The summed E-state index contributed by atoms with van der Waals surface area (Å²) in [6.45, 7) is 2.34. The Morgan fingerprint density at radius 2 is 1.85 bits per heavy atom. The maximum absolute atomic E-state index is 10.7. The summed E-state index contributed by atoms with van der Waals surface area (Å²) >= 11 is 0. The number of aliphatic imine (C=N–C) groups is 1. The SMILES string of the molecule is CN(CCc1ccc(C2=NCCN2C)cc1)C(=O)O.NC(=O)C(F)(F)F. The van der Waals surface area contributed by atoms with Crippen molar-refractivity contribution in [2.24, 2.45) is 10.7 Å². The number of carboxylic acid groups (broad SMARTS) is 1. The van der Waals surface area contributed by atoms with E-state index in [4.69, 9.17) is 9.90 Å². The lowest BCUT2D eigenvalue weighted by Crippen LogP contribution is -2.30. The molecule has 2 amide bonds. The monoisotopic (exact) mass is 374 g/mol.